The number of aromatic nitrogens is 3. The van der Waals surface area contributed by atoms with Crippen LogP contribution in [0.15, 0.2) is 48.5 Å². The predicted octanol–water partition coefficient (Wildman–Crippen LogP) is 5.76. The average molecular weight is 554 g/mol. The van der Waals surface area contributed by atoms with Crippen molar-refractivity contribution in [3.05, 3.63) is 75.5 Å². The number of methoxy groups -OCH3 is 1. The molecule has 0 unspecified atom stereocenters. The number of benzene rings is 2. The van der Waals surface area contributed by atoms with Crippen molar-refractivity contribution in [2.45, 2.75) is 39.3 Å². The summed E-state index contributed by atoms with van der Waals surface area (Å²) in [6.07, 6.45) is 2.11. The molecule has 4 aromatic rings. The van der Waals surface area contributed by atoms with Crippen molar-refractivity contribution < 1.29 is 4.74 Å². The summed E-state index contributed by atoms with van der Waals surface area (Å²) in [4.78, 5) is 9.85. The highest BCUT2D eigenvalue weighted by Crippen LogP contribution is 2.42. The van der Waals surface area contributed by atoms with Crippen LogP contribution in [0.1, 0.15) is 29.8 Å². The van der Waals surface area contributed by atoms with Gasteiger partial charge in [-0.3, -0.25) is 4.90 Å². The zero-order valence-electron chi connectivity index (χ0n) is 22.1. The van der Waals surface area contributed by atoms with Gasteiger partial charge in [0, 0.05) is 61.1 Å². The molecule has 1 aliphatic rings. The molecule has 2 N–H and O–H groups in total. The maximum absolute atomic E-state index is 6.70. The van der Waals surface area contributed by atoms with Crippen molar-refractivity contribution >= 4 is 34.7 Å². The number of piperidine rings is 1. The second kappa shape index (κ2) is 11.5. The first-order valence-electron chi connectivity index (χ1n) is 13.0. The molecule has 0 saturated carbocycles. The van der Waals surface area contributed by atoms with Gasteiger partial charge in [0.2, 0.25) is 0 Å². The van der Waals surface area contributed by atoms with E-state index in [1.165, 1.54) is 5.56 Å². The number of fused-ring (bicyclic) bond motifs is 1. The van der Waals surface area contributed by atoms with Crippen LogP contribution in [0.3, 0.4) is 0 Å². The van der Waals surface area contributed by atoms with Crippen LogP contribution in [0.25, 0.3) is 16.8 Å². The van der Waals surface area contributed by atoms with Crippen molar-refractivity contribution in [1.82, 2.24) is 19.5 Å². The molecule has 0 amide bonds. The lowest BCUT2D eigenvalue weighted by atomic mass is 10.0. The molecule has 0 atom stereocenters. The van der Waals surface area contributed by atoms with E-state index in [9.17, 15) is 0 Å². The summed E-state index contributed by atoms with van der Waals surface area (Å²) in [6, 6.07) is 16.6. The van der Waals surface area contributed by atoms with Gasteiger partial charge in [0.15, 0.2) is 5.65 Å². The summed E-state index contributed by atoms with van der Waals surface area (Å²) in [6.45, 7) is 8.33. The third-order valence-corrected chi connectivity index (χ3v) is 7.79. The Hall–Kier alpha value is -2.84. The van der Waals surface area contributed by atoms with Gasteiger partial charge in [0.05, 0.1) is 23.4 Å². The number of hydrogen-bond donors (Lipinski definition) is 1. The Bertz CT molecular complexity index is 1420. The van der Waals surface area contributed by atoms with Gasteiger partial charge < -0.3 is 15.4 Å². The van der Waals surface area contributed by atoms with E-state index in [2.05, 4.69) is 46.2 Å². The Morgan fingerprint density at radius 3 is 2.47 bits per heavy atom. The average Bonchev–Trinajstić information content (AvgIpc) is 3.23. The lowest BCUT2D eigenvalue weighted by Gasteiger charge is -2.39. The van der Waals surface area contributed by atoms with Crippen LogP contribution in [-0.4, -0.2) is 58.8 Å². The van der Waals surface area contributed by atoms with Crippen molar-refractivity contribution in [1.29, 1.82) is 0 Å². The lowest BCUT2D eigenvalue weighted by Crippen LogP contribution is -2.47. The zero-order chi connectivity index (χ0) is 26.8. The van der Waals surface area contributed by atoms with Crippen molar-refractivity contribution in [2.24, 2.45) is 5.73 Å². The molecule has 1 saturated heterocycles. The van der Waals surface area contributed by atoms with E-state index in [1.807, 2.05) is 18.4 Å². The van der Waals surface area contributed by atoms with E-state index < -0.39 is 0 Å². The van der Waals surface area contributed by atoms with E-state index in [4.69, 9.17) is 43.8 Å². The number of likely N-dealkylation sites (tertiary alicyclic amines) is 1. The summed E-state index contributed by atoms with van der Waals surface area (Å²) in [5.41, 5.74) is 11.5. The first-order valence-corrected chi connectivity index (χ1v) is 13.8. The van der Waals surface area contributed by atoms with E-state index in [0.29, 0.717) is 28.4 Å². The van der Waals surface area contributed by atoms with Crippen LogP contribution < -0.4 is 15.4 Å². The Balaban J connectivity index is 1.50. The molecule has 2 aromatic heterocycles. The molecule has 1 fully saturated rings. The predicted molar refractivity (Wildman–Crippen MR) is 156 cm³/mol. The van der Waals surface area contributed by atoms with Gasteiger partial charge in [-0.25, -0.2) is 4.98 Å². The molecule has 0 radical (unpaired) electrons. The Morgan fingerprint density at radius 2 is 1.79 bits per heavy atom. The minimum absolute atomic E-state index is 0.359. The van der Waals surface area contributed by atoms with Crippen LogP contribution in [-0.2, 0) is 6.54 Å². The van der Waals surface area contributed by atoms with Gasteiger partial charge in [0.1, 0.15) is 11.6 Å². The van der Waals surface area contributed by atoms with Crippen LogP contribution in [0.2, 0.25) is 10.0 Å². The molecule has 3 heterocycles. The highest BCUT2D eigenvalue weighted by molar-refractivity contribution is 6.37. The minimum atomic E-state index is 0.359. The largest absolute Gasteiger partial charge is 0.496 e. The molecule has 0 aliphatic carbocycles. The molecular weight excluding hydrogens is 519 g/mol. The number of hydrogen-bond acceptors (Lipinski definition) is 6. The molecule has 38 heavy (non-hydrogen) atoms. The summed E-state index contributed by atoms with van der Waals surface area (Å²) < 4.78 is 7.60. The first-order chi connectivity index (χ1) is 18.4. The Kier molecular flexibility index (Phi) is 8.09. The standard InChI is InChI=1S/C29H34Cl2N6O/c1-19-15-26(36(14-11-32)23-9-12-35(13-10-23)18-21-7-5-4-6-8-21)37-29(33-19)27(20(2)34-37)28-24(31)16-22(30)17-25(28)38-3/h4-8,15-17,23H,9-14,18,32H2,1-3H3. The maximum Gasteiger partial charge on any atom is 0.165 e. The fraction of sp³-hybridized carbons (Fsp3) is 0.379. The van der Waals surface area contributed by atoms with E-state index in [1.54, 1.807) is 19.2 Å². The summed E-state index contributed by atoms with van der Waals surface area (Å²) >= 11 is 13.0. The second-order valence-electron chi connectivity index (χ2n) is 9.89. The number of rotatable bonds is 8. The molecule has 2 aromatic carbocycles. The smallest absolute Gasteiger partial charge is 0.165 e. The number of nitrogens with two attached hydrogens (primary N) is 1. The van der Waals surface area contributed by atoms with E-state index in [-0.39, 0.29) is 0 Å². The highest BCUT2D eigenvalue weighted by Gasteiger charge is 2.28. The SMILES string of the molecule is COc1cc(Cl)cc(Cl)c1-c1c(C)nn2c(N(CCN)C3CCN(Cc4ccccc4)CC3)cc(C)nc12. The monoisotopic (exact) mass is 552 g/mol. The Morgan fingerprint density at radius 1 is 1.05 bits per heavy atom. The van der Waals surface area contributed by atoms with Crippen LogP contribution in [0, 0.1) is 13.8 Å². The quantitative estimate of drug-likeness (QED) is 0.299. The van der Waals surface area contributed by atoms with Crippen molar-refractivity contribution in [3.63, 3.8) is 0 Å². The number of ether oxygens (including phenoxy) is 1. The molecule has 7 nitrogen and oxygen atoms in total. The molecule has 1 aliphatic heterocycles. The minimum Gasteiger partial charge on any atom is -0.496 e. The lowest BCUT2D eigenvalue weighted by molar-refractivity contribution is 0.201. The normalized spacial score (nSPS) is 14.8. The fourth-order valence-electron chi connectivity index (χ4n) is 5.53. The molecule has 5 rings (SSSR count). The highest BCUT2D eigenvalue weighted by atomic mass is 35.5. The van der Waals surface area contributed by atoms with E-state index in [0.717, 1.165) is 73.0 Å². The van der Waals surface area contributed by atoms with Gasteiger partial charge >= 0.3 is 0 Å². The zero-order valence-corrected chi connectivity index (χ0v) is 23.6. The molecule has 9 heteroatoms. The third-order valence-electron chi connectivity index (χ3n) is 7.27. The summed E-state index contributed by atoms with van der Waals surface area (Å²) in [7, 11) is 1.61. The first kappa shape index (κ1) is 26.8. The van der Waals surface area contributed by atoms with Crippen LogP contribution in [0.4, 0.5) is 5.82 Å². The van der Waals surface area contributed by atoms with Gasteiger partial charge in [-0.05, 0) is 44.4 Å². The van der Waals surface area contributed by atoms with Crippen LogP contribution in [0.5, 0.6) is 5.75 Å². The topological polar surface area (TPSA) is 71.9 Å². The molecule has 0 spiro atoms. The molecule has 0 bridgehead atoms. The van der Waals surface area contributed by atoms with Gasteiger partial charge in [-0.2, -0.15) is 9.61 Å². The van der Waals surface area contributed by atoms with Gasteiger partial charge in [0.25, 0.3) is 0 Å². The number of anilines is 1. The summed E-state index contributed by atoms with van der Waals surface area (Å²) in [5, 5.41) is 5.97. The number of halogens is 2. The number of aryl methyl sites for hydroxylation is 2. The summed E-state index contributed by atoms with van der Waals surface area (Å²) in [5.74, 6) is 1.59. The Labute approximate surface area is 234 Å². The van der Waals surface area contributed by atoms with Crippen molar-refractivity contribution in [3.8, 4) is 16.9 Å². The van der Waals surface area contributed by atoms with Gasteiger partial charge in [-0.15, -0.1) is 0 Å². The van der Waals surface area contributed by atoms with Crippen molar-refractivity contribution in [2.75, 3.05) is 38.2 Å². The van der Waals surface area contributed by atoms with Gasteiger partial charge in [-0.1, -0.05) is 53.5 Å². The second-order valence-corrected chi connectivity index (χ2v) is 10.7. The molecular formula is C29H34Cl2N6O. The molecule has 200 valence electrons. The van der Waals surface area contributed by atoms with Crippen LogP contribution >= 0.6 is 23.2 Å². The maximum atomic E-state index is 6.70. The van der Waals surface area contributed by atoms with E-state index >= 15 is 0 Å². The number of nitrogens with zero attached hydrogens (tertiary/aromatic N) is 5. The third kappa shape index (κ3) is 5.34. The fourth-order valence-corrected chi connectivity index (χ4v) is 6.10.